The number of hydrogen-bond donors (Lipinski definition) is 1. The molecule has 0 bridgehead atoms. The predicted octanol–water partition coefficient (Wildman–Crippen LogP) is 3.11. The van der Waals surface area contributed by atoms with Crippen LogP contribution >= 0.6 is 0 Å². The van der Waals surface area contributed by atoms with Gasteiger partial charge < -0.3 is 5.11 Å². The number of nitrogens with zero attached hydrogens (tertiary/aromatic N) is 3. The van der Waals surface area contributed by atoms with Gasteiger partial charge in [-0.15, -0.1) is 0 Å². The molecule has 0 radical (unpaired) electrons. The Morgan fingerprint density at radius 2 is 1.44 bits per heavy atom. The lowest BCUT2D eigenvalue weighted by Gasteiger charge is -2.19. The number of nitro groups is 2. The lowest BCUT2D eigenvalue weighted by Crippen LogP contribution is -2.42. The summed E-state index contributed by atoms with van der Waals surface area (Å²) in [6.07, 6.45) is 2.22. The summed E-state index contributed by atoms with van der Waals surface area (Å²) in [6.45, 7) is 0. The van der Waals surface area contributed by atoms with E-state index in [1.807, 2.05) is 0 Å². The number of aromatic nitrogens is 1. The summed E-state index contributed by atoms with van der Waals surface area (Å²) in [6, 6.07) is 16.4. The molecule has 0 aliphatic heterocycles. The summed E-state index contributed by atoms with van der Waals surface area (Å²) in [5.41, 5.74) is 0.494. The number of aliphatic hydroxyl groups excluding tert-OH is 1. The zero-order valence-corrected chi connectivity index (χ0v) is 14.1. The van der Waals surface area contributed by atoms with Crippen molar-refractivity contribution in [2.75, 3.05) is 0 Å². The van der Waals surface area contributed by atoms with E-state index in [9.17, 15) is 25.3 Å². The number of hydrogen-bond acceptors (Lipinski definition) is 5. The van der Waals surface area contributed by atoms with Crippen LogP contribution in [-0.2, 0) is 0 Å². The summed E-state index contributed by atoms with van der Waals surface area (Å²) in [5.74, 6) is 0. The molecule has 2 atom stereocenters. The summed E-state index contributed by atoms with van der Waals surface area (Å²) < 4.78 is 1.71. The molecule has 1 heterocycles. The molecule has 2 aromatic carbocycles. The van der Waals surface area contributed by atoms with Crippen LogP contribution in [0.5, 0.6) is 0 Å². The zero-order chi connectivity index (χ0) is 19.4. The maximum atomic E-state index is 11.4. The van der Waals surface area contributed by atoms with E-state index in [1.54, 1.807) is 53.4 Å². The molecular formula is C19H16N3O5+. The lowest BCUT2D eigenvalue weighted by atomic mass is 9.94. The van der Waals surface area contributed by atoms with Gasteiger partial charge in [-0.2, -0.15) is 4.57 Å². The van der Waals surface area contributed by atoms with E-state index in [-0.39, 0.29) is 16.9 Å². The van der Waals surface area contributed by atoms with Crippen LogP contribution in [0, 0.1) is 20.2 Å². The van der Waals surface area contributed by atoms with Crippen LogP contribution in [0.25, 0.3) is 0 Å². The molecule has 0 saturated carbocycles. The third-order valence-electron chi connectivity index (χ3n) is 4.26. The Morgan fingerprint density at radius 3 is 2.04 bits per heavy atom. The fourth-order valence-corrected chi connectivity index (χ4v) is 2.98. The first-order chi connectivity index (χ1) is 13.0. The third-order valence-corrected chi connectivity index (χ3v) is 4.26. The first kappa shape index (κ1) is 18.2. The molecule has 3 aromatic rings. The second-order valence-electron chi connectivity index (χ2n) is 5.88. The molecule has 2 unspecified atom stereocenters. The number of pyridine rings is 1. The fraction of sp³-hybridized carbons (Fsp3) is 0.105. The molecule has 27 heavy (non-hydrogen) atoms. The SMILES string of the molecule is O=[N+]([O-])c1ccc(C(C(O)c2ccccc2[N+](=O)[O-])[n+]2ccccc2)cc1. The van der Waals surface area contributed by atoms with Gasteiger partial charge in [0.05, 0.1) is 15.4 Å². The van der Waals surface area contributed by atoms with Crippen molar-refractivity contribution in [1.29, 1.82) is 0 Å². The van der Waals surface area contributed by atoms with Crippen molar-refractivity contribution >= 4 is 11.4 Å². The number of para-hydroxylation sites is 1. The smallest absolute Gasteiger partial charge is 0.275 e. The Hall–Kier alpha value is -3.65. The van der Waals surface area contributed by atoms with Crippen molar-refractivity contribution in [1.82, 2.24) is 0 Å². The first-order valence-corrected chi connectivity index (χ1v) is 8.10. The van der Waals surface area contributed by atoms with E-state index in [1.165, 1.54) is 30.3 Å². The minimum absolute atomic E-state index is 0.0734. The Labute approximate surface area is 154 Å². The normalized spacial score (nSPS) is 12.9. The zero-order valence-electron chi connectivity index (χ0n) is 14.1. The highest BCUT2D eigenvalue weighted by atomic mass is 16.6. The Bertz CT molecular complexity index is 961. The Morgan fingerprint density at radius 1 is 0.815 bits per heavy atom. The summed E-state index contributed by atoms with van der Waals surface area (Å²) in [5, 5.41) is 33.3. The number of benzene rings is 2. The average Bonchev–Trinajstić information content (AvgIpc) is 2.69. The molecule has 8 heteroatoms. The highest BCUT2D eigenvalue weighted by molar-refractivity contribution is 5.43. The molecule has 1 aromatic heterocycles. The van der Waals surface area contributed by atoms with Gasteiger partial charge in [0, 0.05) is 35.9 Å². The molecule has 8 nitrogen and oxygen atoms in total. The Kier molecular flexibility index (Phi) is 5.18. The second-order valence-corrected chi connectivity index (χ2v) is 5.88. The van der Waals surface area contributed by atoms with Gasteiger partial charge in [-0.25, -0.2) is 0 Å². The van der Waals surface area contributed by atoms with Crippen molar-refractivity contribution in [2.45, 2.75) is 12.1 Å². The van der Waals surface area contributed by atoms with Gasteiger partial charge in [0.15, 0.2) is 18.5 Å². The topological polar surface area (TPSA) is 110 Å². The molecule has 0 fully saturated rings. The van der Waals surface area contributed by atoms with E-state index in [0.29, 0.717) is 5.56 Å². The van der Waals surface area contributed by atoms with Gasteiger partial charge in [0.1, 0.15) is 0 Å². The first-order valence-electron chi connectivity index (χ1n) is 8.10. The van der Waals surface area contributed by atoms with Gasteiger partial charge in [-0.3, -0.25) is 20.2 Å². The average molecular weight is 366 g/mol. The molecule has 0 spiro atoms. The summed E-state index contributed by atoms with van der Waals surface area (Å²) in [4.78, 5) is 21.2. The molecule has 0 amide bonds. The maximum absolute atomic E-state index is 11.4. The van der Waals surface area contributed by atoms with Gasteiger partial charge in [0.2, 0.25) is 6.04 Å². The third kappa shape index (κ3) is 3.80. The second kappa shape index (κ2) is 7.71. The molecule has 136 valence electrons. The predicted molar refractivity (Wildman–Crippen MR) is 95.9 cm³/mol. The number of aliphatic hydroxyl groups is 1. The molecule has 0 aliphatic rings. The van der Waals surface area contributed by atoms with E-state index in [0.717, 1.165) is 0 Å². The molecule has 3 rings (SSSR count). The number of rotatable bonds is 6. The van der Waals surface area contributed by atoms with E-state index < -0.39 is 22.0 Å². The maximum Gasteiger partial charge on any atom is 0.275 e. The standard InChI is InChI=1S/C19H16N3O5/c23-19(16-6-2-3-7-17(16)22(26)27)18(20-12-4-1-5-13-20)14-8-10-15(11-9-14)21(24)25/h1-13,18-19,23H/q+1. The van der Waals surface area contributed by atoms with Crippen LogP contribution in [0.4, 0.5) is 11.4 Å². The Balaban J connectivity index is 2.11. The molecule has 0 aliphatic carbocycles. The van der Waals surface area contributed by atoms with Crippen molar-refractivity contribution in [3.05, 3.63) is 110 Å². The summed E-state index contributed by atoms with van der Waals surface area (Å²) in [7, 11) is 0. The van der Waals surface area contributed by atoms with E-state index >= 15 is 0 Å². The molecule has 1 N–H and O–H groups in total. The lowest BCUT2D eigenvalue weighted by molar-refractivity contribution is -0.722. The number of nitro benzene ring substituents is 2. The van der Waals surface area contributed by atoms with Crippen LogP contribution in [0.15, 0.2) is 79.1 Å². The molecule has 0 saturated heterocycles. The van der Waals surface area contributed by atoms with Crippen LogP contribution < -0.4 is 4.57 Å². The van der Waals surface area contributed by atoms with E-state index in [2.05, 4.69) is 0 Å². The number of non-ortho nitro benzene ring substituents is 1. The van der Waals surface area contributed by atoms with Crippen molar-refractivity contribution in [3.63, 3.8) is 0 Å². The highest BCUT2D eigenvalue weighted by Gasteiger charge is 2.35. The summed E-state index contributed by atoms with van der Waals surface area (Å²) >= 11 is 0. The van der Waals surface area contributed by atoms with Crippen LogP contribution in [0.3, 0.4) is 0 Å². The minimum atomic E-state index is -1.24. The quantitative estimate of drug-likeness (QED) is 0.409. The van der Waals surface area contributed by atoms with Gasteiger partial charge in [-0.05, 0) is 18.2 Å². The van der Waals surface area contributed by atoms with Crippen molar-refractivity contribution in [2.24, 2.45) is 0 Å². The van der Waals surface area contributed by atoms with E-state index in [4.69, 9.17) is 0 Å². The van der Waals surface area contributed by atoms with Gasteiger partial charge in [-0.1, -0.05) is 18.2 Å². The monoisotopic (exact) mass is 366 g/mol. The van der Waals surface area contributed by atoms with Crippen LogP contribution in [0.2, 0.25) is 0 Å². The van der Waals surface area contributed by atoms with Gasteiger partial charge >= 0.3 is 0 Å². The van der Waals surface area contributed by atoms with Crippen LogP contribution in [-0.4, -0.2) is 15.0 Å². The minimum Gasteiger partial charge on any atom is -0.381 e. The van der Waals surface area contributed by atoms with Crippen LogP contribution in [0.1, 0.15) is 23.3 Å². The van der Waals surface area contributed by atoms with Crippen molar-refractivity contribution in [3.8, 4) is 0 Å². The highest BCUT2D eigenvalue weighted by Crippen LogP contribution is 2.34. The largest absolute Gasteiger partial charge is 0.381 e. The van der Waals surface area contributed by atoms with Gasteiger partial charge in [0.25, 0.3) is 11.4 Å². The van der Waals surface area contributed by atoms with Crippen molar-refractivity contribution < 1.29 is 19.5 Å². The molecular weight excluding hydrogens is 350 g/mol. The fourth-order valence-electron chi connectivity index (χ4n) is 2.98.